The number of carbonyl (C=O) groups is 2. The van der Waals surface area contributed by atoms with Crippen LogP contribution in [0.15, 0.2) is 36.4 Å². The molecule has 2 unspecified atom stereocenters. The normalized spacial score (nSPS) is 42.1. The number of hydrogen-bond donors (Lipinski definition) is 2. The van der Waals surface area contributed by atoms with Crippen molar-refractivity contribution in [2.75, 3.05) is 0 Å². The van der Waals surface area contributed by atoms with Crippen molar-refractivity contribution in [3.8, 4) is 0 Å². The van der Waals surface area contributed by atoms with Crippen LogP contribution in [-0.4, -0.2) is 23.0 Å². The Bertz CT molecular complexity index is 890. The van der Waals surface area contributed by atoms with Crippen molar-refractivity contribution in [3.63, 3.8) is 0 Å². The Morgan fingerprint density at radius 3 is 2.57 bits per heavy atom. The molecule has 4 aliphatic rings. The van der Waals surface area contributed by atoms with Crippen LogP contribution in [0.4, 0.5) is 0 Å². The van der Waals surface area contributed by atoms with E-state index in [4.69, 9.17) is 5.11 Å². The molecule has 0 saturated heterocycles. The fraction of sp³-hybridized carbons (Fsp3) is 0.615. The number of carboxylic acids is 1. The summed E-state index contributed by atoms with van der Waals surface area (Å²) >= 11 is 0. The Hall–Kier alpha value is -2.10. The molecule has 3 aliphatic carbocycles. The second-order valence-corrected chi connectivity index (χ2v) is 10.7. The number of nitrogens with one attached hydrogen (secondary N) is 1. The van der Waals surface area contributed by atoms with Crippen molar-refractivity contribution >= 4 is 11.9 Å². The van der Waals surface area contributed by atoms with E-state index >= 15 is 0 Å². The van der Waals surface area contributed by atoms with Gasteiger partial charge in [-0.3, -0.25) is 9.59 Å². The minimum Gasteiger partial charge on any atom is -0.481 e. The molecule has 4 heteroatoms. The fourth-order valence-corrected chi connectivity index (χ4v) is 7.92. The third-order valence-electron chi connectivity index (χ3n) is 9.42. The molecule has 0 bridgehead atoms. The van der Waals surface area contributed by atoms with E-state index < -0.39 is 5.97 Å². The highest BCUT2D eigenvalue weighted by atomic mass is 16.4. The largest absolute Gasteiger partial charge is 0.481 e. The molecule has 1 aliphatic heterocycles. The molecule has 3 saturated carbocycles. The van der Waals surface area contributed by atoms with Gasteiger partial charge in [0.05, 0.1) is 6.42 Å². The van der Waals surface area contributed by atoms with Crippen molar-refractivity contribution in [2.24, 2.45) is 28.6 Å². The molecular weight excluding hydrogens is 374 g/mol. The van der Waals surface area contributed by atoms with E-state index in [9.17, 15) is 9.59 Å². The SMILES string of the molecule is C[C@]12C=CC(=O)NC1CC[C@@H]1[C@H]2CC[C@]2(C)C(c3ccc(CC(=O)O)cc3)CC[C@@H]12. The van der Waals surface area contributed by atoms with Gasteiger partial charge in [0, 0.05) is 11.5 Å². The summed E-state index contributed by atoms with van der Waals surface area (Å²) < 4.78 is 0. The lowest BCUT2D eigenvalue weighted by molar-refractivity contribution is -0.136. The summed E-state index contributed by atoms with van der Waals surface area (Å²) in [6.45, 7) is 4.89. The minimum atomic E-state index is -0.772. The van der Waals surface area contributed by atoms with E-state index in [2.05, 4.69) is 37.4 Å². The van der Waals surface area contributed by atoms with Crippen LogP contribution in [-0.2, 0) is 16.0 Å². The zero-order chi connectivity index (χ0) is 21.1. The quantitative estimate of drug-likeness (QED) is 0.764. The predicted octanol–water partition coefficient (Wildman–Crippen LogP) is 4.69. The van der Waals surface area contributed by atoms with Crippen molar-refractivity contribution in [3.05, 3.63) is 47.5 Å². The lowest BCUT2D eigenvalue weighted by Gasteiger charge is -2.59. The molecule has 30 heavy (non-hydrogen) atoms. The van der Waals surface area contributed by atoms with Gasteiger partial charge in [0.15, 0.2) is 0 Å². The molecule has 0 spiro atoms. The molecule has 1 aromatic carbocycles. The zero-order valence-electron chi connectivity index (χ0n) is 18.1. The number of aliphatic carboxylic acids is 1. The molecule has 3 fully saturated rings. The number of benzene rings is 1. The van der Waals surface area contributed by atoms with Gasteiger partial charge in [-0.1, -0.05) is 44.2 Å². The van der Waals surface area contributed by atoms with Crippen LogP contribution >= 0.6 is 0 Å². The number of amides is 1. The molecule has 0 radical (unpaired) electrons. The zero-order valence-corrected chi connectivity index (χ0v) is 18.1. The van der Waals surface area contributed by atoms with E-state index in [0.29, 0.717) is 23.3 Å². The first-order valence-electron chi connectivity index (χ1n) is 11.6. The van der Waals surface area contributed by atoms with Gasteiger partial charge in [0.2, 0.25) is 5.91 Å². The van der Waals surface area contributed by atoms with E-state index in [0.717, 1.165) is 23.8 Å². The highest BCUT2D eigenvalue weighted by Crippen LogP contribution is 2.66. The van der Waals surface area contributed by atoms with Crippen LogP contribution in [0.25, 0.3) is 0 Å². The second kappa shape index (κ2) is 6.96. The average Bonchev–Trinajstić information content (AvgIpc) is 3.06. The van der Waals surface area contributed by atoms with E-state index in [1.54, 1.807) is 6.08 Å². The highest BCUT2D eigenvalue weighted by Gasteiger charge is 2.59. The maximum atomic E-state index is 11.9. The van der Waals surface area contributed by atoms with Crippen LogP contribution in [0.3, 0.4) is 0 Å². The molecule has 7 atom stereocenters. The third-order valence-corrected chi connectivity index (χ3v) is 9.42. The summed E-state index contributed by atoms with van der Waals surface area (Å²) in [5, 5.41) is 12.3. The van der Waals surface area contributed by atoms with Crippen LogP contribution in [0, 0.1) is 28.6 Å². The van der Waals surface area contributed by atoms with Gasteiger partial charge in [-0.15, -0.1) is 0 Å². The molecule has 1 aromatic rings. The van der Waals surface area contributed by atoms with E-state index in [1.165, 1.54) is 37.7 Å². The van der Waals surface area contributed by atoms with Crippen molar-refractivity contribution in [1.82, 2.24) is 5.32 Å². The Morgan fingerprint density at radius 1 is 1.07 bits per heavy atom. The van der Waals surface area contributed by atoms with Gasteiger partial charge in [0.1, 0.15) is 0 Å². The molecule has 2 N–H and O–H groups in total. The van der Waals surface area contributed by atoms with Gasteiger partial charge >= 0.3 is 5.97 Å². The molecular formula is C26H33NO3. The van der Waals surface area contributed by atoms with Gasteiger partial charge in [-0.05, 0) is 84.8 Å². The van der Waals surface area contributed by atoms with Gasteiger partial charge in [-0.25, -0.2) is 0 Å². The third kappa shape index (κ3) is 2.94. The topological polar surface area (TPSA) is 66.4 Å². The maximum absolute atomic E-state index is 11.9. The predicted molar refractivity (Wildman–Crippen MR) is 116 cm³/mol. The molecule has 5 rings (SSSR count). The summed E-state index contributed by atoms with van der Waals surface area (Å²) in [6, 6.07) is 8.67. The van der Waals surface area contributed by atoms with Gasteiger partial charge in [-0.2, -0.15) is 0 Å². The Morgan fingerprint density at radius 2 is 1.83 bits per heavy atom. The lowest BCUT2D eigenvalue weighted by atomic mass is 9.47. The monoisotopic (exact) mass is 407 g/mol. The summed E-state index contributed by atoms with van der Waals surface area (Å²) in [6.07, 6.45) is 11.4. The summed E-state index contributed by atoms with van der Waals surface area (Å²) in [4.78, 5) is 22.9. The number of carboxylic acid groups (broad SMARTS) is 1. The lowest BCUT2D eigenvalue weighted by Crippen LogP contribution is -2.59. The average molecular weight is 408 g/mol. The smallest absolute Gasteiger partial charge is 0.307 e. The molecule has 0 aromatic heterocycles. The summed E-state index contributed by atoms with van der Waals surface area (Å²) in [5.74, 6) is 2.00. The highest BCUT2D eigenvalue weighted by molar-refractivity contribution is 5.89. The van der Waals surface area contributed by atoms with Crippen molar-refractivity contribution in [2.45, 2.75) is 70.8 Å². The Kier molecular flexibility index (Phi) is 4.61. The number of hydrogen-bond acceptors (Lipinski definition) is 2. The summed E-state index contributed by atoms with van der Waals surface area (Å²) in [7, 11) is 0. The van der Waals surface area contributed by atoms with Crippen LogP contribution < -0.4 is 5.32 Å². The van der Waals surface area contributed by atoms with Gasteiger partial charge in [0.25, 0.3) is 0 Å². The standard InChI is InChI=1S/C26H33NO3/c1-25-13-11-21-18(7-10-22-26(21,2)14-12-23(28)27-22)20(25)9-8-19(25)17-5-3-16(4-6-17)15-24(29)30/h3-6,12,14,18-22H,7-11,13,15H2,1-2H3,(H,27,28)(H,29,30)/t18-,19?,20-,21+,22?,25+,26+/m0/s1. The van der Waals surface area contributed by atoms with E-state index in [1.807, 2.05) is 12.1 Å². The first-order valence-corrected chi connectivity index (χ1v) is 11.6. The molecule has 4 nitrogen and oxygen atoms in total. The number of carbonyl (C=O) groups excluding carboxylic acids is 1. The molecule has 1 heterocycles. The Labute approximate surface area is 179 Å². The molecule has 160 valence electrons. The van der Waals surface area contributed by atoms with Crippen LogP contribution in [0.5, 0.6) is 0 Å². The Balaban J connectivity index is 1.40. The van der Waals surface area contributed by atoms with Gasteiger partial charge < -0.3 is 10.4 Å². The van der Waals surface area contributed by atoms with Crippen LogP contribution in [0.1, 0.15) is 69.4 Å². The summed E-state index contributed by atoms with van der Waals surface area (Å²) in [5.41, 5.74) is 2.68. The first kappa shape index (κ1) is 19.8. The molecule has 1 amide bonds. The number of rotatable bonds is 3. The number of fused-ring (bicyclic) bond motifs is 5. The van der Waals surface area contributed by atoms with Crippen molar-refractivity contribution < 1.29 is 14.7 Å². The van der Waals surface area contributed by atoms with Crippen molar-refractivity contribution in [1.29, 1.82) is 0 Å². The van der Waals surface area contributed by atoms with E-state index in [-0.39, 0.29) is 17.7 Å². The maximum Gasteiger partial charge on any atom is 0.307 e. The fourth-order valence-electron chi connectivity index (χ4n) is 7.92. The first-order chi connectivity index (χ1) is 14.3. The minimum absolute atomic E-state index is 0.0730. The van der Waals surface area contributed by atoms with Crippen LogP contribution in [0.2, 0.25) is 0 Å². The second-order valence-electron chi connectivity index (χ2n) is 10.7.